The standard InChI is InChI=1S/C23H26N4O2S/c1-17-8-10-22(19(3)16-17)30(28,29)27-14-12-26(13-15-27)23-11-9-21(24-25-23)20-7-5-4-6-18(20)2/h4-11,16H,12-15H2,1-3H3. The van der Waals surface area contributed by atoms with Crippen molar-refractivity contribution < 1.29 is 8.42 Å². The lowest BCUT2D eigenvalue weighted by molar-refractivity contribution is 0.383. The molecule has 4 rings (SSSR count). The molecule has 0 radical (unpaired) electrons. The van der Waals surface area contributed by atoms with Crippen molar-refractivity contribution in [3.8, 4) is 11.3 Å². The Morgan fingerprint density at radius 1 is 0.800 bits per heavy atom. The van der Waals surface area contributed by atoms with Gasteiger partial charge in [-0.15, -0.1) is 10.2 Å². The van der Waals surface area contributed by atoms with E-state index in [0.717, 1.165) is 33.8 Å². The molecule has 1 aromatic heterocycles. The van der Waals surface area contributed by atoms with Gasteiger partial charge in [-0.05, 0) is 50.1 Å². The summed E-state index contributed by atoms with van der Waals surface area (Å²) in [6, 6.07) is 17.5. The zero-order valence-corrected chi connectivity index (χ0v) is 18.4. The number of aromatic nitrogens is 2. The van der Waals surface area contributed by atoms with Crippen LogP contribution in [-0.4, -0.2) is 49.1 Å². The maximum absolute atomic E-state index is 13.1. The number of rotatable bonds is 4. The lowest BCUT2D eigenvalue weighted by atomic mass is 10.1. The Balaban J connectivity index is 1.46. The van der Waals surface area contributed by atoms with Crippen LogP contribution in [0.25, 0.3) is 11.3 Å². The van der Waals surface area contributed by atoms with Gasteiger partial charge in [0.05, 0.1) is 10.6 Å². The summed E-state index contributed by atoms with van der Waals surface area (Å²) in [5.74, 6) is 0.774. The second-order valence-corrected chi connectivity index (χ2v) is 9.66. The Labute approximate surface area is 178 Å². The first-order valence-electron chi connectivity index (χ1n) is 10.1. The van der Waals surface area contributed by atoms with Gasteiger partial charge in [0.25, 0.3) is 0 Å². The minimum Gasteiger partial charge on any atom is -0.352 e. The summed E-state index contributed by atoms with van der Waals surface area (Å²) in [6.07, 6.45) is 0. The molecule has 1 saturated heterocycles. The third kappa shape index (κ3) is 3.95. The SMILES string of the molecule is Cc1ccc(S(=O)(=O)N2CCN(c3ccc(-c4ccccc4C)nn3)CC2)c(C)c1. The Kier molecular flexibility index (Phi) is 5.58. The summed E-state index contributed by atoms with van der Waals surface area (Å²) in [5, 5.41) is 8.79. The van der Waals surface area contributed by atoms with Crippen LogP contribution in [0.15, 0.2) is 59.5 Å². The maximum atomic E-state index is 13.1. The molecule has 0 unspecified atom stereocenters. The van der Waals surface area contributed by atoms with Crippen molar-refractivity contribution in [3.63, 3.8) is 0 Å². The van der Waals surface area contributed by atoms with E-state index in [1.54, 1.807) is 10.4 Å². The zero-order valence-electron chi connectivity index (χ0n) is 17.5. The second kappa shape index (κ2) is 8.16. The highest BCUT2D eigenvalue weighted by molar-refractivity contribution is 7.89. The molecular weight excluding hydrogens is 396 g/mol. The molecule has 0 N–H and O–H groups in total. The molecule has 1 aliphatic rings. The van der Waals surface area contributed by atoms with Crippen molar-refractivity contribution in [2.24, 2.45) is 0 Å². The number of anilines is 1. The molecule has 7 heteroatoms. The maximum Gasteiger partial charge on any atom is 0.243 e. The molecule has 3 aromatic rings. The highest BCUT2D eigenvalue weighted by atomic mass is 32.2. The van der Waals surface area contributed by atoms with E-state index in [0.29, 0.717) is 31.1 Å². The van der Waals surface area contributed by atoms with Crippen molar-refractivity contribution in [3.05, 3.63) is 71.3 Å². The number of nitrogens with zero attached hydrogens (tertiary/aromatic N) is 4. The predicted molar refractivity (Wildman–Crippen MR) is 119 cm³/mol. The van der Waals surface area contributed by atoms with Gasteiger partial charge in [-0.3, -0.25) is 0 Å². The third-order valence-corrected chi connectivity index (χ3v) is 7.64. The summed E-state index contributed by atoms with van der Waals surface area (Å²) < 4.78 is 27.7. The molecule has 6 nitrogen and oxygen atoms in total. The summed E-state index contributed by atoms with van der Waals surface area (Å²) in [7, 11) is -3.49. The van der Waals surface area contributed by atoms with Gasteiger partial charge >= 0.3 is 0 Å². The molecule has 0 atom stereocenters. The van der Waals surface area contributed by atoms with Crippen LogP contribution in [0.4, 0.5) is 5.82 Å². The molecular formula is C23H26N4O2S. The first kappa shape index (κ1) is 20.5. The predicted octanol–water partition coefficient (Wildman–Crippen LogP) is 3.58. The number of aryl methyl sites for hydroxylation is 3. The van der Waals surface area contributed by atoms with Crippen molar-refractivity contribution in [1.29, 1.82) is 0 Å². The lowest BCUT2D eigenvalue weighted by Crippen LogP contribution is -2.49. The highest BCUT2D eigenvalue weighted by Crippen LogP contribution is 2.25. The fourth-order valence-electron chi connectivity index (χ4n) is 3.88. The van der Waals surface area contributed by atoms with Crippen LogP contribution < -0.4 is 4.90 Å². The van der Waals surface area contributed by atoms with Crippen LogP contribution >= 0.6 is 0 Å². The molecule has 0 spiro atoms. The van der Waals surface area contributed by atoms with Gasteiger partial charge in [-0.25, -0.2) is 8.42 Å². The first-order chi connectivity index (χ1) is 14.4. The summed E-state index contributed by atoms with van der Waals surface area (Å²) in [6.45, 7) is 7.90. The van der Waals surface area contributed by atoms with E-state index in [-0.39, 0.29) is 0 Å². The van der Waals surface area contributed by atoms with Crippen LogP contribution in [0.1, 0.15) is 16.7 Å². The van der Waals surface area contributed by atoms with Gasteiger partial charge in [-0.2, -0.15) is 4.31 Å². The Bertz CT molecular complexity index is 1150. The van der Waals surface area contributed by atoms with E-state index in [1.807, 2.05) is 56.3 Å². The summed E-state index contributed by atoms with van der Waals surface area (Å²) >= 11 is 0. The van der Waals surface area contributed by atoms with Crippen LogP contribution in [0.3, 0.4) is 0 Å². The smallest absolute Gasteiger partial charge is 0.243 e. The van der Waals surface area contributed by atoms with E-state index in [2.05, 4.69) is 28.1 Å². The molecule has 1 fully saturated rings. The lowest BCUT2D eigenvalue weighted by Gasteiger charge is -2.34. The summed E-state index contributed by atoms with van der Waals surface area (Å²) in [4.78, 5) is 2.48. The fourth-order valence-corrected chi connectivity index (χ4v) is 5.51. The second-order valence-electron chi connectivity index (χ2n) is 7.75. The van der Waals surface area contributed by atoms with Crippen molar-refractivity contribution in [1.82, 2.24) is 14.5 Å². The van der Waals surface area contributed by atoms with Crippen LogP contribution in [0, 0.1) is 20.8 Å². The minimum absolute atomic E-state index is 0.393. The minimum atomic E-state index is -3.49. The van der Waals surface area contributed by atoms with Gasteiger partial charge in [-0.1, -0.05) is 42.0 Å². The molecule has 2 heterocycles. The normalized spacial score (nSPS) is 15.4. The van der Waals surface area contributed by atoms with Gasteiger partial charge in [0, 0.05) is 31.7 Å². The number of sulfonamides is 1. The van der Waals surface area contributed by atoms with E-state index in [4.69, 9.17) is 0 Å². The number of piperazine rings is 1. The molecule has 0 aliphatic carbocycles. The van der Waals surface area contributed by atoms with Crippen LogP contribution in [0.5, 0.6) is 0 Å². The molecule has 1 aliphatic heterocycles. The number of hydrogen-bond acceptors (Lipinski definition) is 5. The average Bonchev–Trinajstić information content (AvgIpc) is 2.74. The van der Waals surface area contributed by atoms with Crippen molar-refractivity contribution >= 4 is 15.8 Å². The molecule has 30 heavy (non-hydrogen) atoms. The van der Waals surface area contributed by atoms with E-state index in [9.17, 15) is 8.42 Å². The number of benzene rings is 2. The largest absolute Gasteiger partial charge is 0.352 e. The first-order valence-corrected chi connectivity index (χ1v) is 11.5. The average molecular weight is 423 g/mol. The van der Waals surface area contributed by atoms with Crippen LogP contribution in [0.2, 0.25) is 0 Å². The van der Waals surface area contributed by atoms with Gasteiger partial charge < -0.3 is 4.90 Å². The van der Waals surface area contributed by atoms with Gasteiger partial charge in [0.15, 0.2) is 5.82 Å². The van der Waals surface area contributed by atoms with Crippen molar-refractivity contribution in [2.45, 2.75) is 25.7 Å². The topological polar surface area (TPSA) is 66.4 Å². The molecule has 0 bridgehead atoms. The highest BCUT2D eigenvalue weighted by Gasteiger charge is 2.30. The number of hydrogen-bond donors (Lipinski definition) is 0. The Morgan fingerprint density at radius 3 is 2.17 bits per heavy atom. The van der Waals surface area contributed by atoms with E-state index in [1.165, 1.54) is 0 Å². The Hall–Kier alpha value is -2.77. The fraction of sp³-hybridized carbons (Fsp3) is 0.304. The Morgan fingerprint density at radius 2 is 1.53 bits per heavy atom. The quantitative estimate of drug-likeness (QED) is 0.643. The molecule has 156 valence electrons. The van der Waals surface area contributed by atoms with Gasteiger partial charge in [0.2, 0.25) is 10.0 Å². The molecule has 2 aromatic carbocycles. The molecule has 0 saturated carbocycles. The summed E-state index contributed by atoms with van der Waals surface area (Å²) in [5.41, 5.74) is 4.91. The van der Waals surface area contributed by atoms with E-state index < -0.39 is 10.0 Å². The van der Waals surface area contributed by atoms with Crippen LogP contribution in [-0.2, 0) is 10.0 Å². The van der Waals surface area contributed by atoms with Gasteiger partial charge in [0.1, 0.15) is 0 Å². The zero-order chi connectivity index (χ0) is 21.3. The third-order valence-electron chi connectivity index (χ3n) is 5.58. The van der Waals surface area contributed by atoms with Crippen molar-refractivity contribution in [2.75, 3.05) is 31.1 Å². The van der Waals surface area contributed by atoms with E-state index >= 15 is 0 Å². The monoisotopic (exact) mass is 422 g/mol. The molecule has 0 amide bonds.